The van der Waals surface area contributed by atoms with Crippen molar-refractivity contribution in [3.63, 3.8) is 0 Å². The lowest BCUT2D eigenvalue weighted by Crippen LogP contribution is -2.37. The van der Waals surface area contributed by atoms with Gasteiger partial charge in [0.1, 0.15) is 0 Å². The average molecular weight is 365 g/mol. The average Bonchev–Trinajstić information content (AvgIpc) is 2.80. The van der Waals surface area contributed by atoms with Crippen LogP contribution in [0.25, 0.3) is 0 Å². The topological polar surface area (TPSA) is 70.4 Å². The summed E-state index contributed by atoms with van der Waals surface area (Å²) < 4.78 is 1.85. The first-order valence-electron chi connectivity index (χ1n) is 8.17. The van der Waals surface area contributed by atoms with Gasteiger partial charge in [-0.15, -0.1) is 0 Å². The molecule has 1 unspecified atom stereocenters. The van der Waals surface area contributed by atoms with Gasteiger partial charge in [0.2, 0.25) is 0 Å². The molecule has 2 N–H and O–H groups in total. The van der Waals surface area contributed by atoms with Crippen LogP contribution in [-0.4, -0.2) is 59.0 Å². The third-order valence-electron chi connectivity index (χ3n) is 3.92. The molecule has 1 atom stereocenters. The first-order valence-corrected chi connectivity index (χ1v) is 8.55. The Hall–Kier alpha value is -1.89. The van der Waals surface area contributed by atoms with Gasteiger partial charge in [-0.1, -0.05) is 23.7 Å². The Bertz CT molecular complexity index is 725. The molecule has 0 saturated heterocycles. The molecule has 1 aromatic heterocycles. The summed E-state index contributed by atoms with van der Waals surface area (Å²) in [5.41, 5.74) is 3.33. The third-order valence-corrected chi connectivity index (χ3v) is 4.46. The number of aliphatic hydroxyl groups excluding tert-OH is 1. The smallest absolute Gasteiger partial charge is 0.251 e. The van der Waals surface area contributed by atoms with Crippen molar-refractivity contribution in [3.8, 4) is 0 Å². The Morgan fingerprint density at radius 1 is 1.32 bits per heavy atom. The van der Waals surface area contributed by atoms with Crippen LogP contribution in [0.15, 0.2) is 24.3 Å². The Labute approximate surface area is 153 Å². The molecule has 7 heteroatoms. The molecule has 2 aromatic rings. The van der Waals surface area contributed by atoms with E-state index in [1.54, 1.807) is 12.1 Å². The second-order valence-corrected chi connectivity index (χ2v) is 6.84. The molecule has 0 radical (unpaired) electrons. The molecule has 2 rings (SSSR count). The number of nitrogens with zero attached hydrogens (tertiary/aromatic N) is 3. The van der Waals surface area contributed by atoms with Gasteiger partial charge in [-0.05, 0) is 45.6 Å². The Kier molecular flexibility index (Phi) is 6.58. The first-order chi connectivity index (χ1) is 11.8. The molecule has 25 heavy (non-hydrogen) atoms. The largest absolute Gasteiger partial charge is 0.390 e. The molecule has 1 aromatic carbocycles. The molecule has 0 aliphatic carbocycles. The molecule has 1 heterocycles. The summed E-state index contributed by atoms with van der Waals surface area (Å²) in [6, 6.07) is 7.34. The van der Waals surface area contributed by atoms with E-state index in [-0.39, 0.29) is 12.5 Å². The second-order valence-electron chi connectivity index (χ2n) is 6.47. The van der Waals surface area contributed by atoms with Gasteiger partial charge in [-0.3, -0.25) is 9.48 Å². The number of aromatic nitrogens is 2. The monoisotopic (exact) mass is 364 g/mol. The van der Waals surface area contributed by atoms with Crippen molar-refractivity contribution >= 4 is 17.5 Å². The molecule has 6 nitrogen and oxygen atoms in total. The molecule has 0 aliphatic rings. The lowest BCUT2D eigenvalue weighted by molar-refractivity contribution is 0.0892. The highest BCUT2D eigenvalue weighted by Crippen LogP contribution is 2.20. The number of likely N-dealkylation sites (N-methyl/N-ethyl adjacent to an activating group) is 1. The first kappa shape index (κ1) is 19.4. The zero-order chi connectivity index (χ0) is 18.6. The summed E-state index contributed by atoms with van der Waals surface area (Å²) in [6.07, 6.45) is -0.589. The van der Waals surface area contributed by atoms with Crippen molar-refractivity contribution in [2.45, 2.75) is 26.5 Å². The van der Waals surface area contributed by atoms with Crippen molar-refractivity contribution in [2.75, 3.05) is 27.2 Å². The molecule has 0 spiro atoms. The van der Waals surface area contributed by atoms with E-state index in [4.69, 9.17) is 11.6 Å². The molecule has 0 fully saturated rings. The van der Waals surface area contributed by atoms with Crippen LogP contribution in [0.4, 0.5) is 0 Å². The van der Waals surface area contributed by atoms with Crippen LogP contribution in [0.2, 0.25) is 5.02 Å². The zero-order valence-corrected chi connectivity index (χ0v) is 15.8. The fourth-order valence-corrected chi connectivity index (χ4v) is 2.70. The predicted molar refractivity (Wildman–Crippen MR) is 99.1 cm³/mol. The number of benzene rings is 1. The number of aliphatic hydroxyl groups is 1. The molecule has 1 amide bonds. The zero-order valence-electron chi connectivity index (χ0n) is 15.1. The minimum Gasteiger partial charge on any atom is -0.390 e. The molecule has 0 saturated carbocycles. The van der Waals surface area contributed by atoms with Gasteiger partial charge in [-0.2, -0.15) is 5.10 Å². The van der Waals surface area contributed by atoms with Crippen molar-refractivity contribution in [3.05, 3.63) is 51.8 Å². The van der Waals surface area contributed by atoms with Gasteiger partial charge in [0.15, 0.2) is 0 Å². The lowest BCUT2D eigenvalue weighted by Gasteiger charge is -2.16. The number of aryl methyl sites for hydroxylation is 1. The predicted octanol–water partition coefficient (Wildman–Crippen LogP) is 1.85. The van der Waals surface area contributed by atoms with Gasteiger partial charge in [0.05, 0.1) is 29.1 Å². The molecule has 0 bridgehead atoms. The summed E-state index contributed by atoms with van der Waals surface area (Å²) in [5.74, 6) is -0.196. The van der Waals surface area contributed by atoms with E-state index < -0.39 is 6.10 Å². The van der Waals surface area contributed by atoms with Crippen molar-refractivity contribution in [1.29, 1.82) is 0 Å². The Morgan fingerprint density at radius 2 is 1.96 bits per heavy atom. The van der Waals surface area contributed by atoms with Crippen molar-refractivity contribution in [2.24, 2.45) is 0 Å². The van der Waals surface area contributed by atoms with E-state index >= 15 is 0 Å². The number of hydrogen-bond acceptors (Lipinski definition) is 4. The molecule has 136 valence electrons. The van der Waals surface area contributed by atoms with Crippen LogP contribution in [0.1, 0.15) is 27.3 Å². The number of amides is 1. The number of hydrogen-bond donors (Lipinski definition) is 2. The highest BCUT2D eigenvalue weighted by atomic mass is 35.5. The van der Waals surface area contributed by atoms with Crippen LogP contribution in [0.5, 0.6) is 0 Å². The number of carbonyl (C=O) groups excluding carboxylic acids is 1. The van der Waals surface area contributed by atoms with E-state index in [0.29, 0.717) is 23.7 Å². The normalized spacial score (nSPS) is 12.4. The van der Waals surface area contributed by atoms with E-state index in [1.165, 1.54) is 0 Å². The van der Waals surface area contributed by atoms with Crippen LogP contribution in [0.3, 0.4) is 0 Å². The summed E-state index contributed by atoms with van der Waals surface area (Å²) in [7, 11) is 3.75. The maximum Gasteiger partial charge on any atom is 0.251 e. The minimum atomic E-state index is -0.589. The number of halogens is 1. The SMILES string of the molecule is Cc1nn(Cc2ccc(C(=O)NCC(O)CN(C)C)cc2)c(C)c1Cl. The van der Waals surface area contributed by atoms with Gasteiger partial charge in [0.25, 0.3) is 5.91 Å². The fraction of sp³-hybridized carbons (Fsp3) is 0.444. The fourth-order valence-electron chi connectivity index (χ4n) is 2.56. The van der Waals surface area contributed by atoms with Crippen molar-refractivity contribution < 1.29 is 9.90 Å². The van der Waals surface area contributed by atoms with Crippen molar-refractivity contribution in [1.82, 2.24) is 20.0 Å². The number of carbonyl (C=O) groups is 1. The number of rotatable bonds is 7. The summed E-state index contributed by atoms with van der Waals surface area (Å²) >= 11 is 6.16. The van der Waals surface area contributed by atoms with E-state index in [0.717, 1.165) is 17.0 Å². The molecular formula is C18H25ClN4O2. The van der Waals surface area contributed by atoms with Crippen LogP contribution >= 0.6 is 11.6 Å². The standard InChI is InChI=1S/C18H25ClN4O2/c1-12-17(19)13(2)23(21-12)10-14-5-7-15(8-6-14)18(25)20-9-16(24)11-22(3)4/h5-8,16,24H,9-11H2,1-4H3,(H,20,25). The van der Waals surface area contributed by atoms with E-state index in [9.17, 15) is 9.90 Å². The summed E-state index contributed by atoms with van der Waals surface area (Å²) in [5, 5.41) is 17.6. The highest BCUT2D eigenvalue weighted by Gasteiger charge is 2.11. The number of nitrogens with one attached hydrogen (secondary N) is 1. The quantitative estimate of drug-likeness (QED) is 0.786. The van der Waals surface area contributed by atoms with Crippen LogP contribution in [-0.2, 0) is 6.54 Å². The van der Waals surface area contributed by atoms with Gasteiger partial charge in [0, 0.05) is 18.7 Å². The molecular weight excluding hydrogens is 340 g/mol. The van der Waals surface area contributed by atoms with E-state index in [1.807, 2.05) is 49.7 Å². The van der Waals surface area contributed by atoms with Crippen LogP contribution < -0.4 is 5.32 Å². The van der Waals surface area contributed by atoms with Gasteiger partial charge >= 0.3 is 0 Å². The Balaban J connectivity index is 1.95. The maximum atomic E-state index is 12.1. The summed E-state index contributed by atoms with van der Waals surface area (Å²) in [4.78, 5) is 14.0. The molecule has 0 aliphatic heterocycles. The van der Waals surface area contributed by atoms with Crippen LogP contribution in [0, 0.1) is 13.8 Å². The highest BCUT2D eigenvalue weighted by molar-refractivity contribution is 6.31. The van der Waals surface area contributed by atoms with Gasteiger partial charge in [-0.25, -0.2) is 0 Å². The lowest BCUT2D eigenvalue weighted by atomic mass is 10.1. The maximum absolute atomic E-state index is 12.1. The summed E-state index contributed by atoms with van der Waals surface area (Å²) in [6.45, 7) is 5.14. The minimum absolute atomic E-state index is 0.196. The van der Waals surface area contributed by atoms with E-state index in [2.05, 4.69) is 10.4 Å². The third kappa shape index (κ3) is 5.29. The second kappa shape index (κ2) is 8.47. The van der Waals surface area contributed by atoms with Gasteiger partial charge < -0.3 is 15.3 Å². The Morgan fingerprint density at radius 3 is 2.48 bits per heavy atom.